The number of amides is 2. The largest absolute Gasteiger partial charge is 0.375 e. The Balaban J connectivity index is 1.45. The molecule has 1 saturated heterocycles. The quantitative estimate of drug-likeness (QED) is 0.844. The number of nitrogens with one attached hydrogen (secondary N) is 2. The zero-order valence-corrected chi connectivity index (χ0v) is 13.8. The van der Waals surface area contributed by atoms with E-state index in [9.17, 15) is 4.79 Å². The molecule has 122 valence electrons. The summed E-state index contributed by atoms with van der Waals surface area (Å²) in [6.07, 6.45) is 3.85. The summed E-state index contributed by atoms with van der Waals surface area (Å²) in [7, 11) is 0. The van der Waals surface area contributed by atoms with E-state index in [1.807, 2.05) is 13.0 Å². The summed E-state index contributed by atoms with van der Waals surface area (Å²) in [5.74, 6) is 0. The maximum absolute atomic E-state index is 12.1. The molecular formula is C16H24N2O3S. The zero-order chi connectivity index (χ0) is 15.4. The van der Waals surface area contributed by atoms with Crippen molar-refractivity contribution in [2.75, 3.05) is 19.8 Å². The molecule has 3 unspecified atom stereocenters. The van der Waals surface area contributed by atoms with Gasteiger partial charge >= 0.3 is 6.03 Å². The van der Waals surface area contributed by atoms with Crippen LogP contribution in [-0.4, -0.2) is 43.5 Å². The second kappa shape index (κ2) is 6.98. The van der Waals surface area contributed by atoms with Gasteiger partial charge in [-0.25, -0.2) is 4.79 Å². The average molecular weight is 324 g/mol. The minimum Gasteiger partial charge on any atom is -0.375 e. The van der Waals surface area contributed by atoms with Crippen molar-refractivity contribution in [1.82, 2.24) is 10.6 Å². The van der Waals surface area contributed by atoms with E-state index < -0.39 is 0 Å². The van der Waals surface area contributed by atoms with Crippen molar-refractivity contribution in [2.45, 2.75) is 50.4 Å². The Labute approximate surface area is 135 Å². The molecule has 6 heteroatoms. The number of rotatable bonds is 6. The lowest BCUT2D eigenvalue weighted by Gasteiger charge is -2.52. The topological polar surface area (TPSA) is 59.6 Å². The van der Waals surface area contributed by atoms with Gasteiger partial charge in [-0.1, -0.05) is 6.07 Å². The summed E-state index contributed by atoms with van der Waals surface area (Å²) in [5, 5.41) is 8.05. The van der Waals surface area contributed by atoms with Crippen LogP contribution in [0.15, 0.2) is 17.5 Å². The fourth-order valence-electron chi connectivity index (χ4n) is 3.44. The van der Waals surface area contributed by atoms with Crippen LogP contribution in [0.3, 0.4) is 0 Å². The van der Waals surface area contributed by atoms with Gasteiger partial charge in [-0.15, -0.1) is 11.3 Å². The van der Waals surface area contributed by atoms with Crippen LogP contribution in [0, 0.1) is 0 Å². The molecule has 1 aromatic rings. The first-order valence-corrected chi connectivity index (χ1v) is 8.95. The molecule has 3 rings (SSSR count). The number of hydrogen-bond donors (Lipinski definition) is 2. The Morgan fingerprint density at radius 3 is 3.18 bits per heavy atom. The highest BCUT2D eigenvalue weighted by atomic mass is 32.1. The van der Waals surface area contributed by atoms with Gasteiger partial charge in [0, 0.05) is 24.6 Å². The first kappa shape index (κ1) is 15.8. The van der Waals surface area contributed by atoms with E-state index in [-0.39, 0.29) is 23.8 Å². The van der Waals surface area contributed by atoms with Crippen molar-refractivity contribution in [1.29, 1.82) is 0 Å². The summed E-state index contributed by atoms with van der Waals surface area (Å²) in [5.41, 5.74) is -0.291. The molecule has 2 amide bonds. The molecule has 2 aliphatic rings. The van der Waals surface area contributed by atoms with Crippen LogP contribution in [-0.2, 0) is 15.9 Å². The fourth-order valence-corrected chi connectivity index (χ4v) is 4.15. The Bertz CT molecular complexity index is 486. The van der Waals surface area contributed by atoms with Crippen LogP contribution in [0.2, 0.25) is 0 Å². The third-order valence-electron chi connectivity index (χ3n) is 4.58. The third-order valence-corrected chi connectivity index (χ3v) is 5.51. The molecular weight excluding hydrogens is 300 g/mol. The Kier molecular flexibility index (Phi) is 5.00. The molecule has 2 fully saturated rings. The van der Waals surface area contributed by atoms with E-state index in [0.717, 1.165) is 32.3 Å². The van der Waals surface area contributed by atoms with Gasteiger partial charge in [0.1, 0.15) is 5.60 Å². The smallest absolute Gasteiger partial charge is 0.315 e. The first-order valence-electron chi connectivity index (χ1n) is 8.07. The van der Waals surface area contributed by atoms with E-state index in [1.54, 1.807) is 11.3 Å². The molecule has 1 aliphatic carbocycles. The van der Waals surface area contributed by atoms with Crippen LogP contribution < -0.4 is 10.6 Å². The average Bonchev–Trinajstić information content (AvgIpc) is 3.19. The Hall–Kier alpha value is -1.11. The highest BCUT2D eigenvalue weighted by Gasteiger charge is 2.59. The Morgan fingerprint density at radius 1 is 1.59 bits per heavy atom. The van der Waals surface area contributed by atoms with Crippen LogP contribution in [0.25, 0.3) is 0 Å². The maximum atomic E-state index is 12.1. The van der Waals surface area contributed by atoms with E-state index in [2.05, 4.69) is 22.1 Å². The molecule has 22 heavy (non-hydrogen) atoms. The SMILES string of the molecule is CCOC1CC(NC(=O)NCCc2cccs2)C12CCCO2. The van der Waals surface area contributed by atoms with Crippen molar-refractivity contribution < 1.29 is 14.3 Å². The van der Waals surface area contributed by atoms with Crippen LogP contribution in [0.4, 0.5) is 4.79 Å². The second-order valence-corrected chi connectivity index (χ2v) is 6.90. The lowest BCUT2D eigenvalue weighted by Crippen LogP contribution is -2.70. The molecule has 2 N–H and O–H groups in total. The minimum absolute atomic E-state index is 0.0632. The highest BCUT2D eigenvalue weighted by molar-refractivity contribution is 7.09. The van der Waals surface area contributed by atoms with Gasteiger partial charge in [0.15, 0.2) is 0 Å². The van der Waals surface area contributed by atoms with E-state index in [1.165, 1.54) is 4.88 Å². The molecule has 1 aromatic heterocycles. The van der Waals surface area contributed by atoms with Gasteiger partial charge in [0.25, 0.3) is 0 Å². The maximum Gasteiger partial charge on any atom is 0.315 e. The number of hydrogen-bond acceptors (Lipinski definition) is 4. The molecule has 0 bridgehead atoms. The zero-order valence-electron chi connectivity index (χ0n) is 13.0. The van der Waals surface area contributed by atoms with E-state index in [4.69, 9.17) is 9.47 Å². The molecule has 5 nitrogen and oxygen atoms in total. The predicted molar refractivity (Wildman–Crippen MR) is 86.3 cm³/mol. The highest BCUT2D eigenvalue weighted by Crippen LogP contribution is 2.45. The first-order chi connectivity index (χ1) is 10.7. The van der Waals surface area contributed by atoms with Crippen LogP contribution >= 0.6 is 11.3 Å². The van der Waals surface area contributed by atoms with Crippen molar-refractivity contribution >= 4 is 17.4 Å². The standard InChI is InChI=1S/C16H24N2O3S/c1-2-20-14-11-13(16(14)7-4-9-21-16)18-15(19)17-8-6-12-5-3-10-22-12/h3,5,10,13-14H,2,4,6-9,11H2,1H3,(H2,17,18,19). The van der Waals surface area contributed by atoms with E-state index >= 15 is 0 Å². The number of thiophene rings is 1. The minimum atomic E-state index is -0.291. The number of urea groups is 1. The van der Waals surface area contributed by atoms with Crippen molar-refractivity contribution in [3.63, 3.8) is 0 Å². The fraction of sp³-hybridized carbons (Fsp3) is 0.688. The van der Waals surface area contributed by atoms with Crippen molar-refractivity contribution in [3.05, 3.63) is 22.4 Å². The summed E-state index contributed by atoms with van der Waals surface area (Å²) in [6, 6.07) is 4.08. The molecule has 1 aliphatic heterocycles. The number of ether oxygens (including phenoxy) is 2. The summed E-state index contributed by atoms with van der Waals surface area (Å²) < 4.78 is 11.7. The Morgan fingerprint density at radius 2 is 2.50 bits per heavy atom. The summed E-state index contributed by atoms with van der Waals surface area (Å²) in [4.78, 5) is 13.4. The van der Waals surface area contributed by atoms with Gasteiger partial charge in [-0.05, 0) is 44.1 Å². The van der Waals surface area contributed by atoms with Crippen LogP contribution in [0.1, 0.15) is 31.1 Å². The summed E-state index contributed by atoms with van der Waals surface area (Å²) in [6.45, 7) is 4.11. The molecule has 1 spiro atoms. The van der Waals surface area contributed by atoms with Crippen molar-refractivity contribution in [3.8, 4) is 0 Å². The van der Waals surface area contributed by atoms with Gasteiger partial charge in [0.2, 0.25) is 0 Å². The molecule has 0 radical (unpaired) electrons. The van der Waals surface area contributed by atoms with Crippen molar-refractivity contribution in [2.24, 2.45) is 0 Å². The normalized spacial score (nSPS) is 30.2. The molecule has 1 saturated carbocycles. The van der Waals surface area contributed by atoms with Gasteiger partial charge in [0.05, 0.1) is 12.1 Å². The molecule has 3 atom stereocenters. The lowest BCUT2D eigenvalue weighted by molar-refractivity contribution is -0.194. The van der Waals surface area contributed by atoms with Gasteiger partial charge < -0.3 is 20.1 Å². The number of carbonyl (C=O) groups is 1. The van der Waals surface area contributed by atoms with E-state index in [0.29, 0.717) is 13.2 Å². The third kappa shape index (κ3) is 3.14. The molecule has 2 heterocycles. The van der Waals surface area contributed by atoms with Crippen LogP contribution in [0.5, 0.6) is 0 Å². The monoisotopic (exact) mass is 324 g/mol. The number of carbonyl (C=O) groups excluding carboxylic acids is 1. The lowest BCUT2D eigenvalue weighted by atomic mass is 9.70. The summed E-state index contributed by atoms with van der Waals surface area (Å²) >= 11 is 1.72. The second-order valence-electron chi connectivity index (χ2n) is 5.87. The van der Waals surface area contributed by atoms with Gasteiger partial charge in [-0.3, -0.25) is 0 Å². The van der Waals surface area contributed by atoms with Gasteiger partial charge in [-0.2, -0.15) is 0 Å². The molecule has 0 aromatic carbocycles. The predicted octanol–water partition coefficient (Wildman–Crippen LogP) is 2.32.